The van der Waals surface area contributed by atoms with E-state index < -0.39 is 17.8 Å². The van der Waals surface area contributed by atoms with E-state index in [1.165, 1.54) is 11.1 Å². The standard InChI is InChI=1S/C25H19ClF3N5O2/c1-13-21(9-30-14(2)32-13)34(24(35)16-4-6-22(31-8-16)25(27,28)29)10-15-3-5-17-18-11-36-12-19(18)23(26)33-20(17)7-15/h3-9H,10-12H2,1-2H3. The third kappa shape index (κ3) is 4.49. The summed E-state index contributed by atoms with van der Waals surface area (Å²) in [6.45, 7) is 4.41. The van der Waals surface area contributed by atoms with E-state index in [0.29, 0.717) is 41.1 Å². The summed E-state index contributed by atoms with van der Waals surface area (Å²) in [6.07, 6.45) is -2.16. The Morgan fingerprint density at radius 1 is 1.06 bits per heavy atom. The molecule has 1 amide bonds. The van der Waals surface area contributed by atoms with E-state index in [9.17, 15) is 18.0 Å². The number of halogens is 4. The first kappa shape index (κ1) is 24.1. The first-order chi connectivity index (χ1) is 17.1. The maximum absolute atomic E-state index is 13.5. The third-order valence-electron chi connectivity index (χ3n) is 5.96. The van der Waals surface area contributed by atoms with Crippen LogP contribution in [0.2, 0.25) is 5.15 Å². The molecule has 5 rings (SSSR count). The van der Waals surface area contributed by atoms with E-state index in [4.69, 9.17) is 16.3 Å². The molecule has 0 aliphatic carbocycles. The first-order valence-corrected chi connectivity index (χ1v) is 11.3. The predicted molar refractivity (Wildman–Crippen MR) is 127 cm³/mol. The van der Waals surface area contributed by atoms with Gasteiger partial charge >= 0.3 is 6.18 Å². The number of carbonyl (C=O) groups excluding carboxylic acids is 1. The highest BCUT2D eigenvalue weighted by Crippen LogP contribution is 2.33. The lowest BCUT2D eigenvalue weighted by atomic mass is 10.0. The van der Waals surface area contributed by atoms with Crippen molar-refractivity contribution in [3.8, 4) is 0 Å². The van der Waals surface area contributed by atoms with Gasteiger partial charge in [0, 0.05) is 17.1 Å². The second kappa shape index (κ2) is 9.11. The van der Waals surface area contributed by atoms with Gasteiger partial charge in [-0.3, -0.25) is 9.78 Å². The van der Waals surface area contributed by atoms with Gasteiger partial charge in [-0.05, 0) is 43.2 Å². The molecule has 11 heteroatoms. The zero-order chi connectivity index (χ0) is 25.6. The molecule has 0 fully saturated rings. The van der Waals surface area contributed by atoms with E-state index in [1.54, 1.807) is 13.8 Å². The lowest BCUT2D eigenvalue weighted by Crippen LogP contribution is -2.31. The zero-order valence-electron chi connectivity index (χ0n) is 19.2. The molecule has 1 aromatic carbocycles. The van der Waals surface area contributed by atoms with Crippen molar-refractivity contribution in [2.45, 2.75) is 39.8 Å². The van der Waals surface area contributed by atoms with Crippen LogP contribution in [0.1, 0.15) is 44.3 Å². The number of aromatic nitrogens is 4. The van der Waals surface area contributed by atoms with E-state index in [2.05, 4.69) is 19.9 Å². The molecule has 1 aliphatic heterocycles. The molecular weight excluding hydrogens is 495 g/mol. The van der Waals surface area contributed by atoms with E-state index >= 15 is 0 Å². The van der Waals surface area contributed by atoms with Gasteiger partial charge in [0.1, 0.15) is 16.7 Å². The normalized spacial score (nSPS) is 13.2. The highest BCUT2D eigenvalue weighted by atomic mass is 35.5. The molecule has 0 atom stereocenters. The van der Waals surface area contributed by atoms with Gasteiger partial charge in [0.05, 0.1) is 48.4 Å². The quantitative estimate of drug-likeness (QED) is 0.331. The molecule has 7 nitrogen and oxygen atoms in total. The summed E-state index contributed by atoms with van der Waals surface area (Å²) in [4.78, 5) is 31.4. The van der Waals surface area contributed by atoms with Crippen molar-refractivity contribution in [2.24, 2.45) is 0 Å². The summed E-state index contributed by atoms with van der Waals surface area (Å²) in [5.41, 5.74) is 3.15. The fourth-order valence-electron chi connectivity index (χ4n) is 4.18. The minimum absolute atomic E-state index is 0.0000907. The Morgan fingerprint density at radius 3 is 2.53 bits per heavy atom. The summed E-state index contributed by atoms with van der Waals surface area (Å²) in [7, 11) is 0. The number of amides is 1. The van der Waals surface area contributed by atoms with E-state index in [1.807, 2.05) is 18.2 Å². The summed E-state index contributed by atoms with van der Waals surface area (Å²) in [6, 6.07) is 7.50. The van der Waals surface area contributed by atoms with Gasteiger partial charge in [0.2, 0.25) is 0 Å². The monoisotopic (exact) mass is 513 g/mol. The van der Waals surface area contributed by atoms with Crippen molar-refractivity contribution in [3.05, 3.63) is 87.3 Å². The SMILES string of the molecule is Cc1ncc(N(Cc2ccc3c4c(c(Cl)nc3c2)COC4)C(=O)c2ccc(C(F)(F)F)nc2)c(C)n1. The molecule has 184 valence electrons. The Labute approximate surface area is 208 Å². The lowest BCUT2D eigenvalue weighted by Gasteiger charge is -2.24. The molecule has 0 radical (unpaired) electrons. The molecule has 0 spiro atoms. The van der Waals surface area contributed by atoms with Crippen molar-refractivity contribution >= 4 is 34.1 Å². The number of aryl methyl sites for hydroxylation is 2. The van der Waals surface area contributed by atoms with Crippen LogP contribution in [-0.4, -0.2) is 25.8 Å². The molecule has 4 aromatic rings. The Hall–Kier alpha value is -3.63. The largest absolute Gasteiger partial charge is 0.433 e. The number of ether oxygens (including phenoxy) is 1. The van der Waals surface area contributed by atoms with Crippen LogP contribution >= 0.6 is 11.6 Å². The molecule has 0 bridgehead atoms. The predicted octanol–water partition coefficient (Wildman–Crippen LogP) is 5.59. The van der Waals surface area contributed by atoms with Crippen LogP contribution in [0.25, 0.3) is 10.9 Å². The van der Waals surface area contributed by atoms with Crippen molar-refractivity contribution in [1.82, 2.24) is 19.9 Å². The summed E-state index contributed by atoms with van der Waals surface area (Å²) >= 11 is 6.35. The molecule has 0 N–H and O–H groups in total. The maximum Gasteiger partial charge on any atom is 0.433 e. The molecule has 0 saturated heterocycles. The number of anilines is 1. The van der Waals surface area contributed by atoms with Crippen molar-refractivity contribution < 1.29 is 22.7 Å². The van der Waals surface area contributed by atoms with Gasteiger partial charge in [0.15, 0.2) is 0 Å². The number of fused-ring (bicyclic) bond motifs is 3. The number of nitrogens with zero attached hydrogens (tertiary/aromatic N) is 5. The molecular formula is C25H19ClF3N5O2. The van der Waals surface area contributed by atoms with Gasteiger partial charge in [-0.2, -0.15) is 13.2 Å². The van der Waals surface area contributed by atoms with Crippen LogP contribution in [-0.2, 0) is 30.7 Å². The van der Waals surface area contributed by atoms with Crippen molar-refractivity contribution in [2.75, 3.05) is 4.90 Å². The molecule has 0 unspecified atom stereocenters. The summed E-state index contributed by atoms with van der Waals surface area (Å²) in [5, 5.41) is 1.29. The van der Waals surface area contributed by atoms with Crippen LogP contribution in [0, 0.1) is 13.8 Å². The van der Waals surface area contributed by atoms with Crippen molar-refractivity contribution in [1.29, 1.82) is 0 Å². The van der Waals surface area contributed by atoms with Gasteiger partial charge in [0.25, 0.3) is 5.91 Å². The van der Waals surface area contributed by atoms with Gasteiger partial charge in [-0.25, -0.2) is 15.0 Å². The van der Waals surface area contributed by atoms with Crippen LogP contribution < -0.4 is 4.90 Å². The highest BCUT2D eigenvalue weighted by molar-refractivity contribution is 6.30. The minimum Gasteiger partial charge on any atom is -0.372 e. The van der Waals surface area contributed by atoms with Crippen LogP contribution in [0.15, 0.2) is 42.7 Å². The first-order valence-electron chi connectivity index (χ1n) is 10.9. The molecule has 0 saturated carbocycles. The summed E-state index contributed by atoms with van der Waals surface area (Å²) in [5.74, 6) is -0.0133. The van der Waals surface area contributed by atoms with Gasteiger partial charge < -0.3 is 9.64 Å². The lowest BCUT2D eigenvalue weighted by molar-refractivity contribution is -0.141. The Balaban J connectivity index is 1.54. The second-order valence-corrected chi connectivity index (χ2v) is 8.77. The number of benzene rings is 1. The Bertz CT molecular complexity index is 1490. The fourth-order valence-corrected chi connectivity index (χ4v) is 4.44. The number of pyridine rings is 2. The van der Waals surface area contributed by atoms with E-state index in [-0.39, 0.29) is 12.1 Å². The number of hydrogen-bond donors (Lipinski definition) is 0. The average molecular weight is 514 g/mol. The second-order valence-electron chi connectivity index (χ2n) is 8.41. The molecule has 3 aromatic heterocycles. The average Bonchev–Trinajstić information content (AvgIpc) is 3.33. The van der Waals surface area contributed by atoms with Crippen LogP contribution in [0.4, 0.5) is 18.9 Å². The number of alkyl halides is 3. The van der Waals surface area contributed by atoms with Crippen LogP contribution in [0.3, 0.4) is 0 Å². The fraction of sp³-hybridized carbons (Fsp3) is 0.240. The third-order valence-corrected chi connectivity index (χ3v) is 6.28. The smallest absolute Gasteiger partial charge is 0.372 e. The molecule has 1 aliphatic rings. The van der Waals surface area contributed by atoms with Crippen LogP contribution in [0.5, 0.6) is 0 Å². The Morgan fingerprint density at radius 2 is 1.83 bits per heavy atom. The van der Waals surface area contributed by atoms with Gasteiger partial charge in [-0.15, -0.1) is 0 Å². The highest BCUT2D eigenvalue weighted by Gasteiger charge is 2.32. The summed E-state index contributed by atoms with van der Waals surface area (Å²) < 4.78 is 44.4. The topological polar surface area (TPSA) is 81.1 Å². The number of carbonyl (C=O) groups is 1. The zero-order valence-corrected chi connectivity index (χ0v) is 20.0. The Kier molecular flexibility index (Phi) is 6.09. The molecule has 36 heavy (non-hydrogen) atoms. The number of hydrogen-bond acceptors (Lipinski definition) is 6. The number of rotatable bonds is 4. The van der Waals surface area contributed by atoms with E-state index in [0.717, 1.165) is 40.4 Å². The minimum atomic E-state index is -4.60. The maximum atomic E-state index is 13.5. The molecule has 4 heterocycles. The van der Waals surface area contributed by atoms with Crippen molar-refractivity contribution in [3.63, 3.8) is 0 Å². The van der Waals surface area contributed by atoms with Gasteiger partial charge in [-0.1, -0.05) is 23.7 Å².